The summed E-state index contributed by atoms with van der Waals surface area (Å²) in [6.45, 7) is 2.65. The van der Waals surface area contributed by atoms with Crippen molar-refractivity contribution in [2.45, 2.75) is 13.5 Å². The average Bonchev–Trinajstić information content (AvgIpc) is 2.68. The molecule has 1 heterocycles. The summed E-state index contributed by atoms with van der Waals surface area (Å²) >= 11 is 0. The Morgan fingerprint density at radius 3 is 2.52 bits per heavy atom. The number of ether oxygens (including phenoxy) is 1. The third-order valence-corrected chi connectivity index (χ3v) is 4.07. The van der Waals surface area contributed by atoms with E-state index in [-0.39, 0.29) is 0 Å². The number of hydrogen-bond donors (Lipinski definition) is 1. The molecule has 138 valence electrons. The van der Waals surface area contributed by atoms with Gasteiger partial charge in [-0.25, -0.2) is 9.78 Å². The van der Waals surface area contributed by atoms with Gasteiger partial charge in [0.25, 0.3) is 0 Å². The van der Waals surface area contributed by atoms with Crippen LogP contribution in [0.5, 0.6) is 0 Å². The van der Waals surface area contributed by atoms with Crippen LogP contribution in [0.4, 0.5) is 17.5 Å². The minimum absolute atomic E-state index is 0.410. The summed E-state index contributed by atoms with van der Waals surface area (Å²) in [6, 6.07) is 19.3. The molecule has 0 aliphatic heterocycles. The van der Waals surface area contributed by atoms with Crippen molar-refractivity contribution in [1.29, 1.82) is 0 Å². The first-order valence-electron chi connectivity index (χ1n) is 8.62. The van der Waals surface area contributed by atoms with Gasteiger partial charge >= 0.3 is 5.97 Å². The minimum Gasteiger partial charge on any atom is -0.465 e. The molecule has 1 N–H and O–H groups in total. The summed E-state index contributed by atoms with van der Waals surface area (Å²) in [4.78, 5) is 23.1. The number of nitrogens with zero attached hydrogens (tertiary/aromatic N) is 3. The van der Waals surface area contributed by atoms with Gasteiger partial charge in [0.15, 0.2) is 0 Å². The molecule has 27 heavy (non-hydrogen) atoms. The molecule has 0 fully saturated rings. The molecular formula is C21H22N4O2. The third-order valence-electron chi connectivity index (χ3n) is 4.07. The Morgan fingerprint density at radius 2 is 1.78 bits per heavy atom. The zero-order valence-electron chi connectivity index (χ0n) is 15.6. The molecule has 0 aliphatic carbocycles. The Bertz CT molecular complexity index is 928. The van der Waals surface area contributed by atoms with E-state index in [0.717, 1.165) is 18.1 Å². The number of para-hydroxylation sites is 1. The lowest BCUT2D eigenvalue weighted by Gasteiger charge is -2.19. The predicted octanol–water partition coefficient (Wildman–Crippen LogP) is 3.95. The highest BCUT2D eigenvalue weighted by molar-refractivity contribution is 5.96. The van der Waals surface area contributed by atoms with E-state index in [1.54, 1.807) is 18.2 Å². The Kier molecular flexibility index (Phi) is 5.66. The van der Waals surface area contributed by atoms with Gasteiger partial charge in [-0.1, -0.05) is 42.5 Å². The van der Waals surface area contributed by atoms with Gasteiger partial charge < -0.3 is 15.0 Å². The van der Waals surface area contributed by atoms with Gasteiger partial charge in [-0.15, -0.1) is 0 Å². The van der Waals surface area contributed by atoms with Crippen LogP contribution in [0, 0.1) is 6.92 Å². The maximum atomic E-state index is 12.0. The number of esters is 1. The number of aromatic nitrogens is 2. The van der Waals surface area contributed by atoms with Crippen LogP contribution in [0.25, 0.3) is 0 Å². The monoisotopic (exact) mass is 362 g/mol. The number of methoxy groups -OCH3 is 1. The number of rotatable bonds is 6. The molecule has 0 atom stereocenters. The Labute approximate surface area is 158 Å². The van der Waals surface area contributed by atoms with Gasteiger partial charge in [0.1, 0.15) is 5.82 Å². The molecule has 6 nitrogen and oxygen atoms in total. The number of carbonyl (C=O) groups is 1. The zero-order valence-corrected chi connectivity index (χ0v) is 15.6. The Morgan fingerprint density at radius 1 is 1.07 bits per heavy atom. The van der Waals surface area contributed by atoms with Crippen molar-refractivity contribution in [3.8, 4) is 0 Å². The Balaban J connectivity index is 1.85. The van der Waals surface area contributed by atoms with Crippen LogP contribution in [0.3, 0.4) is 0 Å². The van der Waals surface area contributed by atoms with E-state index < -0.39 is 5.97 Å². The topological polar surface area (TPSA) is 67.3 Å². The van der Waals surface area contributed by atoms with Gasteiger partial charge in [-0.2, -0.15) is 4.98 Å². The van der Waals surface area contributed by atoms with Crippen LogP contribution in [0.1, 0.15) is 21.6 Å². The second-order valence-electron chi connectivity index (χ2n) is 6.19. The molecule has 3 aromatic rings. The fourth-order valence-electron chi connectivity index (χ4n) is 2.74. The molecule has 0 spiro atoms. The lowest BCUT2D eigenvalue weighted by atomic mass is 10.2. The second-order valence-corrected chi connectivity index (χ2v) is 6.19. The van der Waals surface area contributed by atoms with Crippen LogP contribution in [0.15, 0.2) is 60.7 Å². The standard InChI is InChI=1S/C21H22N4O2/c1-15-13-19(25(2)14-16-9-5-4-6-10-16)24-21(22-15)23-18-12-8-7-11-17(18)20(26)27-3/h4-13H,14H2,1-3H3,(H,22,23,24). The highest BCUT2D eigenvalue weighted by Crippen LogP contribution is 2.22. The van der Waals surface area contributed by atoms with Crippen LogP contribution in [-0.2, 0) is 11.3 Å². The van der Waals surface area contributed by atoms with Crippen LogP contribution in [-0.4, -0.2) is 30.1 Å². The van der Waals surface area contributed by atoms with Crippen LogP contribution >= 0.6 is 0 Å². The smallest absolute Gasteiger partial charge is 0.339 e. The van der Waals surface area contributed by atoms with E-state index in [1.807, 2.05) is 44.3 Å². The number of nitrogens with one attached hydrogen (secondary N) is 1. The summed E-state index contributed by atoms with van der Waals surface area (Å²) in [5.74, 6) is 0.817. The van der Waals surface area contributed by atoms with Crippen molar-refractivity contribution in [2.75, 3.05) is 24.4 Å². The van der Waals surface area contributed by atoms with Gasteiger partial charge in [-0.3, -0.25) is 0 Å². The fraction of sp³-hybridized carbons (Fsp3) is 0.190. The number of hydrogen-bond acceptors (Lipinski definition) is 6. The molecule has 1 aromatic heterocycles. The number of anilines is 3. The van der Waals surface area contributed by atoms with Gasteiger partial charge in [0.2, 0.25) is 5.95 Å². The fourth-order valence-corrected chi connectivity index (χ4v) is 2.74. The molecule has 3 rings (SSSR count). The van der Waals surface area contributed by atoms with E-state index >= 15 is 0 Å². The first kappa shape index (κ1) is 18.4. The summed E-state index contributed by atoms with van der Waals surface area (Å²) in [5, 5.41) is 3.14. The maximum Gasteiger partial charge on any atom is 0.339 e. The lowest BCUT2D eigenvalue weighted by molar-refractivity contribution is 0.0602. The molecule has 6 heteroatoms. The largest absolute Gasteiger partial charge is 0.465 e. The van der Waals surface area contributed by atoms with Crippen molar-refractivity contribution in [2.24, 2.45) is 0 Å². The van der Waals surface area contributed by atoms with Crippen molar-refractivity contribution >= 4 is 23.4 Å². The molecule has 0 unspecified atom stereocenters. The van der Waals surface area contributed by atoms with Crippen LogP contribution in [0.2, 0.25) is 0 Å². The van der Waals surface area contributed by atoms with E-state index in [4.69, 9.17) is 4.74 Å². The Hall–Kier alpha value is -3.41. The quantitative estimate of drug-likeness (QED) is 0.670. The second kappa shape index (κ2) is 8.31. The maximum absolute atomic E-state index is 12.0. The van der Waals surface area contributed by atoms with E-state index in [9.17, 15) is 4.79 Å². The molecular weight excluding hydrogens is 340 g/mol. The molecule has 0 amide bonds. The number of carbonyl (C=O) groups excluding carboxylic acids is 1. The first-order valence-corrected chi connectivity index (χ1v) is 8.62. The lowest BCUT2D eigenvalue weighted by Crippen LogP contribution is -2.18. The van der Waals surface area contributed by atoms with Crippen molar-refractivity contribution in [3.63, 3.8) is 0 Å². The molecule has 0 bridgehead atoms. The highest BCUT2D eigenvalue weighted by Gasteiger charge is 2.13. The van der Waals surface area contributed by atoms with Gasteiger partial charge in [0.05, 0.1) is 18.4 Å². The SMILES string of the molecule is COC(=O)c1ccccc1Nc1nc(C)cc(N(C)Cc2ccccc2)n1. The summed E-state index contributed by atoms with van der Waals surface area (Å²) < 4.78 is 4.84. The molecule has 0 saturated carbocycles. The van der Waals surface area contributed by atoms with Crippen molar-refractivity contribution < 1.29 is 9.53 Å². The summed E-state index contributed by atoms with van der Waals surface area (Å²) in [5.41, 5.74) is 3.07. The van der Waals surface area contributed by atoms with E-state index in [2.05, 4.69) is 32.3 Å². The predicted molar refractivity (Wildman–Crippen MR) is 106 cm³/mol. The molecule has 0 aliphatic rings. The molecule has 0 radical (unpaired) electrons. The minimum atomic E-state index is -0.410. The van der Waals surface area contributed by atoms with Gasteiger partial charge in [0, 0.05) is 25.4 Å². The van der Waals surface area contributed by atoms with E-state index in [1.165, 1.54) is 12.7 Å². The summed E-state index contributed by atoms with van der Waals surface area (Å²) in [7, 11) is 3.35. The van der Waals surface area contributed by atoms with Gasteiger partial charge in [-0.05, 0) is 24.6 Å². The number of benzene rings is 2. The van der Waals surface area contributed by atoms with Crippen molar-refractivity contribution in [3.05, 3.63) is 77.5 Å². The zero-order chi connectivity index (χ0) is 19.2. The summed E-state index contributed by atoms with van der Waals surface area (Å²) in [6.07, 6.45) is 0. The molecule has 2 aromatic carbocycles. The molecule has 0 saturated heterocycles. The third kappa shape index (κ3) is 4.61. The van der Waals surface area contributed by atoms with Crippen molar-refractivity contribution in [1.82, 2.24) is 9.97 Å². The van der Waals surface area contributed by atoms with E-state index in [0.29, 0.717) is 17.2 Å². The normalized spacial score (nSPS) is 10.3. The number of aryl methyl sites for hydroxylation is 1. The van der Waals surface area contributed by atoms with Crippen LogP contribution < -0.4 is 10.2 Å². The average molecular weight is 362 g/mol. The highest BCUT2D eigenvalue weighted by atomic mass is 16.5. The first-order chi connectivity index (χ1) is 13.1.